The molecular formula is C17H11N5O3S. The number of aromatic nitrogens is 1. The van der Waals surface area contributed by atoms with Crippen molar-refractivity contribution in [1.82, 2.24) is 4.98 Å². The van der Waals surface area contributed by atoms with Gasteiger partial charge in [-0.1, -0.05) is 23.5 Å². The van der Waals surface area contributed by atoms with Gasteiger partial charge in [-0.15, -0.1) is 10.2 Å². The maximum atomic E-state index is 11.0. The van der Waals surface area contributed by atoms with Crippen molar-refractivity contribution in [2.45, 2.75) is 6.92 Å². The highest BCUT2D eigenvalue weighted by molar-refractivity contribution is 7.16. The molecule has 0 aliphatic heterocycles. The highest BCUT2D eigenvalue weighted by atomic mass is 32.1. The second-order valence-electron chi connectivity index (χ2n) is 5.04. The fourth-order valence-corrected chi connectivity index (χ4v) is 2.91. The van der Waals surface area contributed by atoms with Gasteiger partial charge in [-0.2, -0.15) is 5.26 Å². The molecule has 0 amide bonds. The number of furan rings is 1. The summed E-state index contributed by atoms with van der Waals surface area (Å²) in [5, 5.41) is 29.4. The van der Waals surface area contributed by atoms with E-state index in [0.717, 1.165) is 0 Å². The second-order valence-corrected chi connectivity index (χ2v) is 6.02. The molecule has 8 nitrogen and oxygen atoms in total. The van der Waals surface area contributed by atoms with E-state index in [9.17, 15) is 15.4 Å². The van der Waals surface area contributed by atoms with Gasteiger partial charge in [0.25, 0.3) is 5.69 Å². The van der Waals surface area contributed by atoms with Crippen molar-refractivity contribution in [1.29, 1.82) is 5.26 Å². The molecule has 26 heavy (non-hydrogen) atoms. The van der Waals surface area contributed by atoms with E-state index in [1.807, 2.05) is 0 Å². The first-order chi connectivity index (χ1) is 12.6. The van der Waals surface area contributed by atoms with Crippen LogP contribution in [0.3, 0.4) is 0 Å². The summed E-state index contributed by atoms with van der Waals surface area (Å²) in [5.41, 5.74) is 0.931. The first-order valence-corrected chi connectivity index (χ1v) is 8.18. The minimum atomic E-state index is -0.515. The zero-order valence-corrected chi connectivity index (χ0v) is 14.3. The lowest BCUT2D eigenvalue weighted by atomic mass is 10.2. The zero-order chi connectivity index (χ0) is 18.5. The second kappa shape index (κ2) is 7.50. The number of nitro groups is 1. The number of hydrogen-bond acceptors (Lipinski definition) is 8. The number of para-hydroxylation sites is 1. The molecule has 128 valence electrons. The predicted molar refractivity (Wildman–Crippen MR) is 96.3 cm³/mol. The average molecular weight is 365 g/mol. The lowest BCUT2D eigenvalue weighted by molar-refractivity contribution is -0.384. The molecule has 3 rings (SSSR count). The maximum absolute atomic E-state index is 11.0. The molecule has 0 atom stereocenters. The molecule has 2 heterocycles. The molecule has 0 saturated carbocycles. The van der Waals surface area contributed by atoms with Crippen LogP contribution in [0.2, 0.25) is 0 Å². The summed E-state index contributed by atoms with van der Waals surface area (Å²) in [6, 6.07) is 11.6. The Hall–Kier alpha value is -3.64. The van der Waals surface area contributed by atoms with E-state index in [0.29, 0.717) is 27.0 Å². The van der Waals surface area contributed by atoms with Crippen LogP contribution in [0.1, 0.15) is 16.5 Å². The van der Waals surface area contributed by atoms with Gasteiger partial charge in [-0.3, -0.25) is 10.1 Å². The van der Waals surface area contributed by atoms with E-state index >= 15 is 0 Å². The number of allylic oxidation sites excluding steroid dienone is 1. The molecule has 0 spiro atoms. The van der Waals surface area contributed by atoms with Crippen LogP contribution in [0.25, 0.3) is 11.6 Å². The summed E-state index contributed by atoms with van der Waals surface area (Å²) in [5.74, 6) is 0.539. The van der Waals surface area contributed by atoms with Gasteiger partial charge in [-0.25, -0.2) is 4.98 Å². The summed E-state index contributed by atoms with van der Waals surface area (Å²) < 4.78 is 5.21. The fourth-order valence-electron chi connectivity index (χ4n) is 2.06. The lowest BCUT2D eigenvalue weighted by Crippen LogP contribution is -1.86. The van der Waals surface area contributed by atoms with E-state index < -0.39 is 4.92 Å². The highest BCUT2D eigenvalue weighted by Gasteiger charge is 2.14. The average Bonchev–Trinajstić information content (AvgIpc) is 3.27. The fraction of sp³-hybridized carbons (Fsp3) is 0.0588. The summed E-state index contributed by atoms with van der Waals surface area (Å²) in [6.45, 7) is 1.73. The van der Waals surface area contributed by atoms with Gasteiger partial charge in [0.1, 0.15) is 16.8 Å². The van der Waals surface area contributed by atoms with Crippen LogP contribution in [0, 0.1) is 28.4 Å². The molecule has 0 bridgehead atoms. The molecule has 9 heteroatoms. The third kappa shape index (κ3) is 3.71. The van der Waals surface area contributed by atoms with E-state index in [4.69, 9.17) is 4.42 Å². The molecule has 3 aromatic rings. The zero-order valence-electron chi connectivity index (χ0n) is 13.5. The Morgan fingerprint density at radius 1 is 1.35 bits per heavy atom. The third-order valence-corrected chi connectivity index (χ3v) is 4.35. The first kappa shape index (κ1) is 17.2. The largest absolute Gasteiger partial charge is 0.465 e. The van der Waals surface area contributed by atoms with Crippen molar-refractivity contribution in [3.63, 3.8) is 0 Å². The number of nitrogens with zero attached hydrogens (tertiary/aromatic N) is 5. The number of benzene rings is 1. The van der Waals surface area contributed by atoms with E-state index in [1.165, 1.54) is 29.7 Å². The molecule has 0 aliphatic carbocycles. The van der Waals surface area contributed by atoms with Crippen LogP contribution in [0.5, 0.6) is 0 Å². The Morgan fingerprint density at radius 3 is 2.85 bits per heavy atom. The topological polar surface area (TPSA) is 118 Å². The minimum absolute atomic E-state index is 0.130. The van der Waals surface area contributed by atoms with Gasteiger partial charge in [-0.05, 0) is 25.1 Å². The monoisotopic (exact) mass is 365 g/mol. The van der Waals surface area contributed by atoms with Crippen molar-refractivity contribution in [3.8, 4) is 6.07 Å². The number of nitro benzene ring substituents is 1. The number of nitriles is 1. The Kier molecular flexibility index (Phi) is 4.96. The number of rotatable bonds is 5. The van der Waals surface area contributed by atoms with Gasteiger partial charge in [0, 0.05) is 12.1 Å². The summed E-state index contributed by atoms with van der Waals surface area (Å²) >= 11 is 1.17. The predicted octanol–water partition coefficient (Wildman–Crippen LogP) is 5.43. The molecule has 1 aromatic carbocycles. The first-order valence-electron chi connectivity index (χ1n) is 7.36. The molecule has 0 saturated heterocycles. The third-order valence-electron chi connectivity index (χ3n) is 3.28. The summed E-state index contributed by atoms with van der Waals surface area (Å²) in [4.78, 5) is 14.8. The molecule has 0 radical (unpaired) electrons. The summed E-state index contributed by atoms with van der Waals surface area (Å²) in [7, 11) is 0. The van der Waals surface area contributed by atoms with Gasteiger partial charge >= 0.3 is 0 Å². The van der Waals surface area contributed by atoms with Crippen LogP contribution in [-0.4, -0.2) is 9.91 Å². The Labute approximate surface area is 151 Å². The maximum Gasteiger partial charge on any atom is 0.296 e. The number of hydrogen-bond donors (Lipinski definition) is 0. The Bertz CT molecular complexity index is 1040. The number of thiazole rings is 1. The highest BCUT2D eigenvalue weighted by Crippen LogP contribution is 2.34. The van der Waals surface area contributed by atoms with Gasteiger partial charge in [0.05, 0.1) is 22.5 Å². The van der Waals surface area contributed by atoms with Crippen LogP contribution in [-0.2, 0) is 0 Å². The van der Waals surface area contributed by atoms with Crippen molar-refractivity contribution in [2.24, 2.45) is 10.2 Å². The molecular weight excluding hydrogens is 354 g/mol. The molecule has 0 aliphatic rings. The minimum Gasteiger partial charge on any atom is -0.465 e. The van der Waals surface area contributed by atoms with Crippen LogP contribution >= 0.6 is 11.3 Å². The van der Waals surface area contributed by atoms with Crippen molar-refractivity contribution < 1.29 is 9.34 Å². The van der Waals surface area contributed by atoms with E-state index in [2.05, 4.69) is 21.3 Å². The molecule has 0 N–H and O–H groups in total. The van der Waals surface area contributed by atoms with Crippen molar-refractivity contribution in [2.75, 3.05) is 0 Å². The Balaban J connectivity index is 1.92. The van der Waals surface area contributed by atoms with E-state index in [1.54, 1.807) is 37.3 Å². The summed E-state index contributed by atoms with van der Waals surface area (Å²) in [6.07, 6.45) is 3.10. The smallest absolute Gasteiger partial charge is 0.296 e. The van der Waals surface area contributed by atoms with Crippen LogP contribution in [0.4, 0.5) is 16.4 Å². The normalized spacial score (nSPS) is 11.6. The number of azo groups is 1. The van der Waals surface area contributed by atoms with Crippen molar-refractivity contribution in [3.05, 3.63) is 69.2 Å². The molecule has 0 unspecified atom stereocenters. The SMILES string of the molecule is Cc1nc(C(C#N)=Cc2ccco2)sc1N=Nc1ccccc1[N+](=O)[O-]. The Morgan fingerprint density at radius 2 is 2.15 bits per heavy atom. The quantitative estimate of drug-likeness (QED) is 0.258. The van der Waals surface area contributed by atoms with Crippen LogP contribution in [0.15, 0.2) is 57.3 Å². The number of aryl methyl sites for hydroxylation is 1. The van der Waals surface area contributed by atoms with Gasteiger partial charge in [0.2, 0.25) is 0 Å². The molecule has 2 aromatic heterocycles. The molecule has 0 fully saturated rings. The van der Waals surface area contributed by atoms with Gasteiger partial charge in [0.15, 0.2) is 10.7 Å². The lowest BCUT2D eigenvalue weighted by Gasteiger charge is -1.94. The van der Waals surface area contributed by atoms with E-state index in [-0.39, 0.29) is 11.4 Å². The van der Waals surface area contributed by atoms with Crippen LogP contribution < -0.4 is 0 Å². The van der Waals surface area contributed by atoms with Gasteiger partial charge < -0.3 is 4.42 Å². The standard InChI is InChI=1S/C17H11N5O3S/c1-11-16(21-20-14-6-2-3-7-15(14)22(23)24)26-17(19-11)12(10-18)9-13-5-4-8-25-13/h2-9H,1H3. The van der Waals surface area contributed by atoms with Crippen molar-refractivity contribution >= 4 is 39.4 Å².